The molecule has 0 aliphatic carbocycles. The number of rotatable bonds is 8. The lowest BCUT2D eigenvalue weighted by Gasteiger charge is -2.25. The number of piperidine rings is 1. The zero-order chi connectivity index (χ0) is 22.5. The molecule has 3 aromatic rings. The van der Waals surface area contributed by atoms with E-state index in [9.17, 15) is 9.90 Å². The van der Waals surface area contributed by atoms with Crippen LogP contribution in [0, 0.1) is 0 Å². The number of thioether (sulfide) groups is 1. The minimum absolute atomic E-state index is 0.0540. The van der Waals surface area contributed by atoms with E-state index in [0.717, 1.165) is 43.6 Å². The second-order valence-corrected chi connectivity index (χ2v) is 8.22. The molecular weight excluding hydrogens is 432 g/mol. The maximum absolute atomic E-state index is 11.8. The van der Waals surface area contributed by atoms with Crippen molar-refractivity contribution in [1.82, 2.24) is 15.2 Å². The number of carbonyl (C=O) groups is 1. The first kappa shape index (κ1) is 21.8. The zero-order valence-corrected chi connectivity index (χ0v) is 18.6. The number of H-pyrrole nitrogens is 1. The van der Waals surface area contributed by atoms with Crippen molar-refractivity contribution in [3.8, 4) is 22.9 Å². The topological polar surface area (TPSA) is 114 Å². The van der Waals surface area contributed by atoms with E-state index in [1.54, 1.807) is 38.5 Å². The van der Waals surface area contributed by atoms with Gasteiger partial charge in [0.25, 0.3) is 0 Å². The number of furan rings is 1. The lowest BCUT2D eigenvalue weighted by Crippen LogP contribution is -2.28. The van der Waals surface area contributed by atoms with Gasteiger partial charge in [-0.1, -0.05) is 0 Å². The predicted octanol–water partition coefficient (Wildman–Crippen LogP) is 4.29. The number of hydrogen-bond donors (Lipinski definition) is 2. The number of nitrogens with zero attached hydrogens (tertiary/aromatic N) is 3. The van der Waals surface area contributed by atoms with Gasteiger partial charge in [-0.25, -0.2) is 9.78 Å². The van der Waals surface area contributed by atoms with Crippen molar-refractivity contribution in [2.75, 3.05) is 32.2 Å². The predicted molar refractivity (Wildman–Crippen MR) is 121 cm³/mol. The van der Waals surface area contributed by atoms with Gasteiger partial charge in [0, 0.05) is 36.9 Å². The highest BCUT2D eigenvalue weighted by atomic mass is 32.2. The van der Waals surface area contributed by atoms with Gasteiger partial charge in [-0.3, -0.25) is 5.10 Å². The number of benzene rings is 1. The number of carboxylic acid groups (broad SMARTS) is 1. The Morgan fingerprint density at radius 1 is 1.16 bits per heavy atom. The van der Waals surface area contributed by atoms with Gasteiger partial charge in [0.05, 0.1) is 14.2 Å². The first-order chi connectivity index (χ1) is 15.6. The third kappa shape index (κ3) is 5.08. The van der Waals surface area contributed by atoms with E-state index in [2.05, 4.69) is 20.1 Å². The molecule has 0 atom stereocenters. The molecule has 0 unspecified atom stereocenters. The molecule has 0 radical (unpaired) electrons. The molecule has 168 valence electrons. The van der Waals surface area contributed by atoms with E-state index < -0.39 is 5.97 Å². The van der Waals surface area contributed by atoms with E-state index in [1.165, 1.54) is 12.5 Å². The molecule has 2 aromatic heterocycles. The molecule has 0 spiro atoms. The van der Waals surface area contributed by atoms with Gasteiger partial charge in [-0.2, -0.15) is 0 Å². The summed E-state index contributed by atoms with van der Waals surface area (Å²) in [5.41, 5.74) is 0.707. The van der Waals surface area contributed by atoms with E-state index in [-0.39, 0.29) is 10.1 Å². The lowest BCUT2D eigenvalue weighted by molar-refractivity contribution is -0.131. The summed E-state index contributed by atoms with van der Waals surface area (Å²) in [5.74, 6) is 1.85. The average molecular weight is 457 g/mol. The number of hydrogen-bond acceptors (Lipinski definition) is 8. The maximum atomic E-state index is 11.8. The quantitative estimate of drug-likeness (QED) is 0.378. The van der Waals surface area contributed by atoms with Crippen LogP contribution in [0.1, 0.15) is 25.0 Å². The minimum Gasteiger partial charge on any atom is -0.497 e. The van der Waals surface area contributed by atoms with Gasteiger partial charge in [0.2, 0.25) is 5.16 Å². The number of anilines is 1. The lowest BCUT2D eigenvalue weighted by atomic mass is 10.1. The Morgan fingerprint density at radius 3 is 2.53 bits per heavy atom. The molecule has 2 N–H and O–H groups in total. The number of aromatic nitrogens is 3. The number of methoxy groups -OCH3 is 2. The first-order valence-electron chi connectivity index (χ1n) is 10.2. The van der Waals surface area contributed by atoms with Crippen LogP contribution in [0.25, 0.3) is 17.5 Å². The zero-order valence-electron chi connectivity index (χ0n) is 17.8. The Hall–Kier alpha value is -3.40. The van der Waals surface area contributed by atoms with Crippen molar-refractivity contribution in [2.24, 2.45) is 0 Å². The van der Waals surface area contributed by atoms with Crippen LogP contribution in [-0.4, -0.2) is 53.6 Å². The van der Waals surface area contributed by atoms with Crippen molar-refractivity contribution in [2.45, 2.75) is 24.4 Å². The highest BCUT2D eigenvalue weighted by Crippen LogP contribution is 2.32. The van der Waals surface area contributed by atoms with Crippen LogP contribution in [0.3, 0.4) is 0 Å². The molecule has 4 rings (SSSR count). The minimum atomic E-state index is -1.08. The van der Waals surface area contributed by atoms with Crippen molar-refractivity contribution in [1.29, 1.82) is 0 Å². The van der Waals surface area contributed by atoms with Gasteiger partial charge in [-0.05, 0) is 49.2 Å². The Balaban J connectivity index is 1.53. The SMILES string of the molecule is COc1cc(OC)cc(-c2nc(S/C(=C\c3ccc(N4CCCCC4)o3)C(=O)O)n[nH]2)c1. The van der Waals surface area contributed by atoms with Gasteiger partial charge in [0.15, 0.2) is 11.7 Å². The van der Waals surface area contributed by atoms with Crippen LogP contribution in [-0.2, 0) is 4.79 Å². The number of aliphatic carboxylic acids is 1. The third-order valence-electron chi connectivity index (χ3n) is 5.06. The molecule has 1 saturated heterocycles. The van der Waals surface area contributed by atoms with Crippen molar-refractivity contribution in [3.05, 3.63) is 41.0 Å². The molecule has 0 bridgehead atoms. The molecule has 0 saturated carbocycles. The van der Waals surface area contributed by atoms with Crippen molar-refractivity contribution < 1.29 is 23.8 Å². The number of carboxylic acids is 1. The van der Waals surface area contributed by atoms with Crippen LogP contribution in [0.5, 0.6) is 11.5 Å². The molecule has 0 amide bonds. The van der Waals surface area contributed by atoms with Crippen LogP contribution >= 0.6 is 11.8 Å². The fourth-order valence-electron chi connectivity index (χ4n) is 3.43. The van der Waals surface area contributed by atoms with E-state index in [4.69, 9.17) is 13.9 Å². The van der Waals surface area contributed by atoms with E-state index in [0.29, 0.717) is 28.6 Å². The Bertz CT molecular complexity index is 1090. The third-order valence-corrected chi connectivity index (χ3v) is 5.93. The van der Waals surface area contributed by atoms with Crippen LogP contribution in [0.4, 0.5) is 5.88 Å². The van der Waals surface area contributed by atoms with Gasteiger partial charge < -0.3 is 23.9 Å². The Morgan fingerprint density at radius 2 is 1.88 bits per heavy atom. The van der Waals surface area contributed by atoms with Gasteiger partial charge in [-0.15, -0.1) is 5.10 Å². The van der Waals surface area contributed by atoms with Gasteiger partial charge >= 0.3 is 5.97 Å². The monoisotopic (exact) mass is 456 g/mol. The standard InChI is InChI=1S/C22H24N4O5S/c1-29-16-10-14(11-17(12-16)30-2)20-23-22(25-24-20)32-18(21(27)28)13-15-6-7-19(31-15)26-8-4-3-5-9-26/h6-7,10-13H,3-5,8-9H2,1-2H3,(H,27,28)(H,23,24,25)/b18-13-. The number of aromatic amines is 1. The number of ether oxygens (including phenoxy) is 2. The summed E-state index contributed by atoms with van der Waals surface area (Å²) in [7, 11) is 3.13. The normalized spacial score (nSPS) is 14.4. The van der Waals surface area contributed by atoms with Crippen molar-refractivity contribution in [3.63, 3.8) is 0 Å². The fraction of sp³-hybridized carbons (Fsp3) is 0.318. The van der Waals surface area contributed by atoms with Gasteiger partial charge in [0.1, 0.15) is 22.2 Å². The molecule has 1 aliphatic heterocycles. The van der Waals surface area contributed by atoms with Crippen LogP contribution < -0.4 is 14.4 Å². The molecular formula is C22H24N4O5S. The second-order valence-electron chi connectivity index (χ2n) is 7.21. The second kappa shape index (κ2) is 9.82. The summed E-state index contributed by atoms with van der Waals surface area (Å²) in [4.78, 5) is 18.5. The summed E-state index contributed by atoms with van der Waals surface area (Å²) in [6, 6.07) is 8.98. The first-order valence-corrected chi connectivity index (χ1v) is 11.0. The maximum Gasteiger partial charge on any atom is 0.342 e. The molecule has 1 aromatic carbocycles. The molecule has 32 heavy (non-hydrogen) atoms. The fourth-order valence-corrected chi connectivity index (χ4v) is 4.12. The van der Waals surface area contributed by atoms with E-state index >= 15 is 0 Å². The Kier molecular flexibility index (Phi) is 6.69. The Labute approximate surface area is 189 Å². The van der Waals surface area contributed by atoms with Crippen molar-refractivity contribution >= 4 is 29.7 Å². The number of nitrogens with one attached hydrogen (secondary N) is 1. The molecule has 3 heterocycles. The summed E-state index contributed by atoms with van der Waals surface area (Å²) < 4.78 is 16.4. The molecule has 10 heteroatoms. The summed E-state index contributed by atoms with van der Waals surface area (Å²) in [5, 5.41) is 16.9. The molecule has 1 fully saturated rings. The van der Waals surface area contributed by atoms with E-state index in [1.807, 2.05) is 6.07 Å². The van der Waals surface area contributed by atoms with Crippen LogP contribution in [0.15, 0.2) is 44.8 Å². The largest absolute Gasteiger partial charge is 0.497 e. The molecule has 9 nitrogen and oxygen atoms in total. The smallest absolute Gasteiger partial charge is 0.342 e. The average Bonchev–Trinajstić information content (AvgIpc) is 3.49. The molecule has 1 aliphatic rings. The highest BCUT2D eigenvalue weighted by Gasteiger charge is 2.18. The van der Waals surface area contributed by atoms with Crippen LogP contribution in [0.2, 0.25) is 0 Å². The summed E-state index contributed by atoms with van der Waals surface area (Å²) in [6.45, 7) is 1.90. The summed E-state index contributed by atoms with van der Waals surface area (Å²) in [6.07, 6.45) is 4.98. The highest BCUT2D eigenvalue weighted by molar-refractivity contribution is 8.04. The summed E-state index contributed by atoms with van der Waals surface area (Å²) >= 11 is 0.944.